The number of nitrogens with zero attached hydrogens (tertiary/aromatic N) is 2. The van der Waals surface area contributed by atoms with Gasteiger partial charge < -0.3 is 15.2 Å². The number of methoxy groups -OCH3 is 1. The number of carbonyl (C=O) groups excluding carboxylic acids is 1. The molecule has 0 saturated carbocycles. The molecule has 24 heavy (non-hydrogen) atoms. The molecule has 0 aliphatic heterocycles. The minimum Gasteiger partial charge on any atom is -0.496 e. The number of halogens is 2. The molecule has 0 aliphatic carbocycles. The molecule has 0 unspecified atom stereocenters. The summed E-state index contributed by atoms with van der Waals surface area (Å²) in [5.74, 6) is 0.157. The van der Waals surface area contributed by atoms with Gasteiger partial charge in [-0.15, -0.1) is 0 Å². The van der Waals surface area contributed by atoms with Crippen molar-refractivity contribution >= 4 is 11.6 Å². The maximum Gasteiger partial charge on any atom is 0.333 e. The first kappa shape index (κ1) is 17.9. The van der Waals surface area contributed by atoms with Crippen molar-refractivity contribution in [1.82, 2.24) is 9.78 Å². The monoisotopic (exact) mass is 339 g/mol. The van der Waals surface area contributed by atoms with Gasteiger partial charge >= 0.3 is 6.55 Å². The Morgan fingerprint density at radius 3 is 2.67 bits per heavy atom. The molecule has 8 heteroatoms. The highest BCUT2D eigenvalue weighted by molar-refractivity contribution is 5.92. The zero-order chi connectivity index (χ0) is 17.9. The van der Waals surface area contributed by atoms with E-state index in [4.69, 9.17) is 4.74 Å². The number of anilines is 1. The van der Waals surface area contributed by atoms with Crippen LogP contribution in [-0.4, -0.2) is 27.9 Å². The van der Waals surface area contributed by atoms with Gasteiger partial charge in [-0.3, -0.25) is 4.79 Å². The van der Waals surface area contributed by atoms with Crippen molar-refractivity contribution in [2.24, 2.45) is 0 Å². The highest BCUT2D eigenvalue weighted by Gasteiger charge is 2.19. The Kier molecular flexibility index (Phi) is 5.50. The van der Waals surface area contributed by atoms with Crippen LogP contribution in [-0.2, 0) is 17.8 Å². The molecule has 0 aliphatic rings. The lowest BCUT2D eigenvalue weighted by Crippen LogP contribution is -2.15. The molecule has 0 atom stereocenters. The van der Waals surface area contributed by atoms with Gasteiger partial charge in [-0.25, -0.2) is 4.68 Å². The second-order valence-corrected chi connectivity index (χ2v) is 5.28. The smallest absolute Gasteiger partial charge is 0.333 e. The summed E-state index contributed by atoms with van der Waals surface area (Å²) < 4.78 is 31.3. The molecule has 2 N–H and O–H groups in total. The van der Waals surface area contributed by atoms with Crippen LogP contribution in [0.1, 0.15) is 29.1 Å². The van der Waals surface area contributed by atoms with Gasteiger partial charge in [0.05, 0.1) is 25.8 Å². The topological polar surface area (TPSA) is 76.4 Å². The number of aromatic nitrogens is 2. The molecule has 130 valence electrons. The van der Waals surface area contributed by atoms with Crippen LogP contribution in [0.15, 0.2) is 18.2 Å². The minimum absolute atomic E-state index is 0.0646. The summed E-state index contributed by atoms with van der Waals surface area (Å²) in [5.41, 5.74) is 2.16. The zero-order valence-corrected chi connectivity index (χ0v) is 13.6. The largest absolute Gasteiger partial charge is 0.496 e. The molecule has 6 nitrogen and oxygen atoms in total. The SMILES string of the molecule is COc1ccc(NC(=O)Cc2c(C)nn(C(F)F)c2C)cc1CO. The minimum atomic E-state index is -2.74. The normalized spacial score (nSPS) is 11.0. The van der Waals surface area contributed by atoms with Crippen LogP contribution in [0.5, 0.6) is 5.75 Å². The lowest BCUT2D eigenvalue weighted by Gasteiger charge is -2.10. The average Bonchev–Trinajstić information content (AvgIpc) is 2.83. The van der Waals surface area contributed by atoms with Crippen LogP contribution in [0.25, 0.3) is 0 Å². The van der Waals surface area contributed by atoms with E-state index in [0.29, 0.717) is 32.9 Å². The lowest BCUT2D eigenvalue weighted by molar-refractivity contribution is -0.115. The van der Waals surface area contributed by atoms with Gasteiger partial charge in [0.1, 0.15) is 5.75 Å². The van der Waals surface area contributed by atoms with E-state index in [9.17, 15) is 18.7 Å². The zero-order valence-electron chi connectivity index (χ0n) is 13.6. The van der Waals surface area contributed by atoms with Crippen LogP contribution >= 0.6 is 0 Å². The summed E-state index contributed by atoms with van der Waals surface area (Å²) in [7, 11) is 1.49. The number of carbonyl (C=O) groups is 1. The summed E-state index contributed by atoms with van der Waals surface area (Å²) in [5, 5.41) is 15.7. The Labute approximate surface area is 138 Å². The van der Waals surface area contributed by atoms with Gasteiger partial charge in [-0.1, -0.05) is 0 Å². The van der Waals surface area contributed by atoms with Crippen LogP contribution in [0.4, 0.5) is 14.5 Å². The van der Waals surface area contributed by atoms with Crippen molar-refractivity contribution < 1.29 is 23.4 Å². The number of rotatable bonds is 6. The van der Waals surface area contributed by atoms with Gasteiger partial charge in [0, 0.05) is 22.5 Å². The third-order valence-electron chi connectivity index (χ3n) is 3.73. The molecule has 1 amide bonds. The van der Waals surface area contributed by atoms with Crippen LogP contribution in [0.2, 0.25) is 0 Å². The summed E-state index contributed by atoms with van der Waals surface area (Å²) >= 11 is 0. The van der Waals surface area contributed by atoms with E-state index in [1.54, 1.807) is 25.1 Å². The van der Waals surface area contributed by atoms with Crippen molar-refractivity contribution in [3.8, 4) is 5.75 Å². The van der Waals surface area contributed by atoms with Crippen LogP contribution < -0.4 is 10.1 Å². The van der Waals surface area contributed by atoms with Gasteiger partial charge in [0.2, 0.25) is 5.91 Å². The standard InChI is InChI=1S/C16H19F2N3O3/c1-9-13(10(2)21(20-9)16(17)18)7-15(23)19-12-4-5-14(24-3)11(6-12)8-22/h4-6,16,22H,7-8H2,1-3H3,(H,19,23). The molecule has 0 radical (unpaired) electrons. The van der Waals surface area contributed by atoms with Crippen LogP contribution in [0, 0.1) is 13.8 Å². The molecule has 2 aromatic rings. The van der Waals surface area contributed by atoms with E-state index >= 15 is 0 Å². The third kappa shape index (κ3) is 3.70. The highest BCUT2D eigenvalue weighted by atomic mass is 19.3. The van der Waals surface area contributed by atoms with Crippen molar-refractivity contribution in [3.05, 3.63) is 40.7 Å². The van der Waals surface area contributed by atoms with Crippen molar-refractivity contribution in [3.63, 3.8) is 0 Å². The molecular weight excluding hydrogens is 320 g/mol. The van der Waals surface area contributed by atoms with E-state index in [2.05, 4.69) is 10.4 Å². The Balaban J connectivity index is 2.14. The number of hydrogen-bond donors (Lipinski definition) is 2. The second-order valence-electron chi connectivity index (χ2n) is 5.28. The predicted octanol–water partition coefficient (Wildman–Crippen LogP) is 2.58. The number of aliphatic hydroxyl groups is 1. The fourth-order valence-corrected chi connectivity index (χ4v) is 2.49. The van der Waals surface area contributed by atoms with E-state index in [1.807, 2.05) is 0 Å². The van der Waals surface area contributed by atoms with E-state index in [0.717, 1.165) is 0 Å². The van der Waals surface area contributed by atoms with Gasteiger partial charge in [0.25, 0.3) is 0 Å². The Morgan fingerprint density at radius 1 is 1.42 bits per heavy atom. The molecule has 1 aromatic heterocycles. The molecule has 0 saturated heterocycles. The van der Waals surface area contributed by atoms with E-state index in [1.165, 1.54) is 14.0 Å². The van der Waals surface area contributed by atoms with Gasteiger partial charge in [-0.05, 0) is 32.0 Å². The Bertz CT molecular complexity index is 744. The predicted molar refractivity (Wildman–Crippen MR) is 84.2 cm³/mol. The third-order valence-corrected chi connectivity index (χ3v) is 3.73. The molecule has 0 spiro atoms. The fraction of sp³-hybridized carbons (Fsp3) is 0.375. The first-order chi connectivity index (χ1) is 11.4. The molecule has 0 bridgehead atoms. The highest BCUT2D eigenvalue weighted by Crippen LogP contribution is 2.23. The second kappa shape index (κ2) is 7.39. The molecular formula is C16H19F2N3O3. The number of alkyl halides is 2. The van der Waals surface area contributed by atoms with Gasteiger partial charge in [0.15, 0.2) is 0 Å². The summed E-state index contributed by atoms with van der Waals surface area (Å²) in [4.78, 5) is 12.2. The van der Waals surface area contributed by atoms with E-state index < -0.39 is 6.55 Å². The lowest BCUT2D eigenvalue weighted by atomic mass is 10.1. The van der Waals surface area contributed by atoms with Crippen molar-refractivity contribution in [2.45, 2.75) is 33.4 Å². The number of hydrogen-bond acceptors (Lipinski definition) is 4. The number of aliphatic hydroxyl groups excluding tert-OH is 1. The average molecular weight is 339 g/mol. The fourth-order valence-electron chi connectivity index (χ4n) is 2.49. The van der Waals surface area contributed by atoms with Crippen LogP contribution in [0.3, 0.4) is 0 Å². The summed E-state index contributed by atoms with van der Waals surface area (Å²) in [6, 6.07) is 4.86. The van der Waals surface area contributed by atoms with Crippen molar-refractivity contribution in [2.75, 3.05) is 12.4 Å². The first-order valence-corrected chi connectivity index (χ1v) is 7.27. The quantitative estimate of drug-likeness (QED) is 0.848. The Hall–Kier alpha value is -2.48. The molecule has 2 rings (SSSR count). The maximum atomic E-state index is 12.8. The maximum absolute atomic E-state index is 12.8. The molecule has 1 aromatic carbocycles. The number of nitrogens with one attached hydrogen (secondary N) is 1. The number of aryl methyl sites for hydroxylation is 1. The van der Waals surface area contributed by atoms with Crippen molar-refractivity contribution in [1.29, 1.82) is 0 Å². The summed E-state index contributed by atoms with van der Waals surface area (Å²) in [6.07, 6.45) is -0.0646. The van der Waals surface area contributed by atoms with E-state index in [-0.39, 0.29) is 24.6 Å². The summed E-state index contributed by atoms with van der Waals surface area (Å²) in [6.45, 7) is 0.124. The Morgan fingerprint density at radius 2 is 2.12 bits per heavy atom. The number of benzene rings is 1. The molecule has 1 heterocycles. The molecule has 0 fully saturated rings. The van der Waals surface area contributed by atoms with Gasteiger partial charge in [-0.2, -0.15) is 13.9 Å². The number of amides is 1. The number of ether oxygens (including phenoxy) is 1. The first-order valence-electron chi connectivity index (χ1n) is 7.27.